The van der Waals surface area contributed by atoms with Gasteiger partial charge in [0, 0.05) is 0 Å². The molecule has 1 aromatic rings. The van der Waals surface area contributed by atoms with Crippen molar-refractivity contribution in [3.63, 3.8) is 0 Å². The van der Waals surface area contributed by atoms with Crippen molar-refractivity contribution >= 4 is 0 Å². The Morgan fingerprint density at radius 2 is 2.00 bits per heavy atom. The van der Waals surface area contributed by atoms with Crippen molar-refractivity contribution in [3.05, 3.63) is 35.4 Å². The van der Waals surface area contributed by atoms with Gasteiger partial charge in [-0.3, -0.25) is 0 Å². The van der Waals surface area contributed by atoms with Crippen molar-refractivity contribution in [1.29, 1.82) is 0 Å². The maximum atomic E-state index is 3.07. The molecule has 0 nitrogen and oxygen atoms in total. The molecule has 0 radical (unpaired) electrons. The molecule has 1 rings (SSSR count). The van der Waals surface area contributed by atoms with Crippen LogP contribution < -0.4 is 51.4 Å². The first-order valence-corrected chi connectivity index (χ1v) is 2.74. The molecule has 0 atom stereocenters. The van der Waals surface area contributed by atoms with Crippen LogP contribution in [0.2, 0.25) is 0 Å². The molecule has 0 aliphatic rings. The normalized spacial score (nSPS) is 8.22. The molecule has 0 spiro atoms. The molecule has 0 amide bonds. The zero-order valence-corrected chi connectivity index (χ0v) is 9.36. The summed E-state index contributed by atoms with van der Waals surface area (Å²) in [7, 11) is 0. The van der Waals surface area contributed by atoms with Crippen LogP contribution in [0.4, 0.5) is 0 Å². The standard InChI is InChI=1S/C8H9.K/c1-7-4-3-5-8(2)6-7;/h3-4,6H,1-2H3;/q-1;+1. The largest absolute Gasteiger partial charge is 1.00 e. The molecule has 1 aromatic carbocycles. The van der Waals surface area contributed by atoms with Gasteiger partial charge in [0.05, 0.1) is 0 Å². The molecule has 0 saturated carbocycles. The van der Waals surface area contributed by atoms with E-state index in [2.05, 4.69) is 19.1 Å². The molecular weight excluding hydrogens is 135 g/mol. The van der Waals surface area contributed by atoms with Crippen molar-refractivity contribution in [1.82, 2.24) is 0 Å². The van der Waals surface area contributed by atoms with Gasteiger partial charge in [0.25, 0.3) is 0 Å². The van der Waals surface area contributed by atoms with Crippen LogP contribution in [-0.4, -0.2) is 0 Å². The quantitative estimate of drug-likeness (QED) is 0.327. The van der Waals surface area contributed by atoms with Crippen LogP contribution in [0.15, 0.2) is 18.2 Å². The van der Waals surface area contributed by atoms with Gasteiger partial charge in [-0.05, 0) is 0 Å². The Labute approximate surface area is 99.1 Å². The van der Waals surface area contributed by atoms with Gasteiger partial charge in [-0.2, -0.15) is 35.4 Å². The zero-order valence-electron chi connectivity index (χ0n) is 6.23. The Bertz CT molecular complexity index is 164. The van der Waals surface area contributed by atoms with Crippen molar-refractivity contribution in [3.8, 4) is 0 Å². The fourth-order valence-electron chi connectivity index (χ4n) is 0.736. The third kappa shape index (κ3) is 3.53. The van der Waals surface area contributed by atoms with Gasteiger partial charge < -0.3 is 0 Å². The van der Waals surface area contributed by atoms with Crippen molar-refractivity contribution in [2.24, 2.45) is 0 Å². The monoisotopic (exact) mass is 144 g/mol. The third-order valence-corrected chi connectivity index (χ3v) is 1.10. The maximum absolute atomic E-state index is 3.07. The summed E-state index contributed by atoms with van der Waals surface area (Å²) in [5, 5.41) is 0. The van der Waals surface area contributed by atoms with Crippen LogP contribution in [-0.2, 0) is 0 Å². The van der Waals surface area contributed by atoms with E-state index in [0.717, 1.165) is 0 Å². The Morgan fingerprint density at radius 3 is 2.33 bits per heavy atom. The first kappa shape index (κ1) is 9.86. The average molecular weight is 144 g/mol. The molecule has 0 unspecified atom stereocenters. The number of hydrogen-bond donors (Lipinski definition) is 0. The summed E-state index contributed by atoms with van der Waals surface area (Å²) in [5.74, 6) is 0. The van der Waals surface area contributed by atoms with Crippen LogP contribution in [0.25, 0.3) is 0 Å². The van der Waals surface area contributed by atoms with Gasteiger partial charge in [-0.25, -0.2) is 0 Å². The van der Waals surface area contributed by atoms with E-state index < -0.39 is 0 Å². The molecule has 0 heterocycles. The van der Waals surface area contributed by atoms with E-state index in [0.29, 0.717) is 0 Å². The second-order valence-corrected chi connectivity index (χ2v) is 2.05. The molecule has 0 aliphatic heterocycles. The van der Waals surface area contributed by atoms with E-state index >= 15 is 0 Å². The molecule has 1 heteroatoms. The Morgan fingerprint density at radius 1 is 1.33 bits per heavy atom. The summed E-state index contributed by atoms with van der Waals surface area (Å²) >= 11 is 0. The van der Waals surface area contributed by atoms with E-state index in [1.807, 2.05) is 19.1 Å². The van der Waals surface area contributed by atoms with Crippen LogP contribution in [0, 0.1) is 19.9 Å². The predicted octanol–water partition coefficient (Wildman–Crippen LogP) is -0.892. The minimum absolute atomic E-state index is 0. The average Bonchev–Trinajstić information content (AvgIpc) is 1.64. The van der Waals surface area contributed by atoms with Gasteiger partial charge in [0.2, 0.25) is 0 Å². The van der Waals surface area contributed by atoms with E-state index in [-0.39, 0.29) is 51.4 Å². The Hall–Kier alpha value is 0.856. The van der Waals surface area contributed by atoms with E-state index in [4.69, 9.17) is 0 Å². The first-order valence-electron chi connectivity index (χ1n) is 2.74. The fraction of sp³-hybridized carbons (Fsp3) is 0.250. The smallest absolute Gasteiger partial charge is 0.181 e. The maximum Gasteiger partial charge on any atom is 1.00 e. The van der Waals surface area contributed by atoms with E-state index in [1.165, 1.54) is 11.1 Å². The van der Waals surface area contributed by atoms with Crippen molar-refractivity contribution in [2.45, 2.75) is 13.8 Å². The minimum Gasteiger partial charge on any atom is -0.181 e. The van der Waals surface area contributed by atoms with Gasteiger partial charge in [-0.1, -0.05) is 13.8 Å². The van der Waals surface area contributed by atoms with Gasteiger partial charge in [0.1, 0.15) is 0 Å². The second-order valence-electron chi connectivity index (χ2n) is 2.05. The van der Waals surface area contributed by atoms with Gasteiger partial charge in [-0.15, -0.1) is 0 Å². The molecule has 0 saturated heterocycles. The number of rotatable bonds is 0. The molecule has 0 N–H and O–H groups in total. The van der Waals surface area contributed by atoms with Crippen LogP contribution in [0.3, 0.4) is 0 Å². The molecule has 9 heavy (non-hydrogen) atoms. The van der Waals surface area contributed by atoms with Crippen LogP contribution in [0.5, 0.6) is 0 Å². The summed E-state index contributed by atoms with van der Waals surface area (Å²) in [6.07, 6.45) is 0. The molecule has 0 bridgehead atoms. The predicted molar refractivity (Wildman–Crippen MR) is 34.8 cm³/mol. The first-order chi connectivity index (χ1) is 3.79. The van der Waals surface area contributed by atoms with Gasteiger partial charge in [0.15, 0.2) is 0 Å². The summed E-state index contributed by atoms with van der Waals surface area (Å²) in [6.45, 7) is 4.13. The summed E-state index contributed by atoms with van der Waals surface area (Å²) < 4.78 is 0. The molecule has 42 valence electrons. The third-order valence-electron chi connectivity index (χ3n) is 1.10. The SMILES string of the molecule is Cc1[c-]ccc(C)c1.[K+]. The second kappa shape index (κ2) is 4.64. The molecular formula is C8H9K. The topological polar surface area (TPSA) is 0 Å². The molecule has 0 aromatic heterocycles. The van der Waals surface area contributed by atoms with Crippen LogP contribution in [0.1, 0.15) is 11.1 Å². The fourth-order valence-corrected chi connectivity index (χ4v) is 0.736. The Kier molecular flexibility index (Phi) is 5.08. The summed E-state index contributed by atoms with van der Waals surface area (Å²) in [4.78, 5) is 0. The number of aryl methyl sites for hydroxylation is 2. The van der Waals surface area contributed by atoms with E-state index in [1.54, 1.807) is 0 Å². The van der Waals surface area contributed by atoms with E-state index in [9.17, 15) is 0 Å². The number of hydrogen-bond acceptors (Lipinski definition) is 0. The van der Waals surface area contributed by atoms with Gasteiger partial charge >= 0.3 is 51.4 Å². The molecule has 0 fully saturated rings. The minimum atomic E-state index is 0. The summed E-state index contributed by atoms with van der Waals surface area (Å²) in [6, 6.07) is 9.18. The summed E-state index contributed by atoms with van der Waals surface area (Å²) in [5.41, 5.74) is 2.52. The zero-order chi connectivity index (χ0) is 5.98. The number of benzene rings is 1. The Balaban J connectivity index is 0.000000640. The van der Waals surface area contributed by atoms with Crippen molar-refractivity contribution in [2.75, 3.05) is 0 Å². The molecule has 0 aliphatic carbocycles. The van der Waals surface area contributed by atoms with Crippen LogP contribution >= 0.6 is 0 Å². The van der Waals surface area contributed by atoms with Crippen molar-refractivity contribution < 1.29 is 51.4 Å².